The Hall–Kier alpha value is -0.0800. The van der Waals surface area contributed by atoms with Gasteiger partial charge in [0.05, 0.1) is 0 Å². The standard InChI is InChI=1S/C11H19NO.ClH/c13-10-6-7-12-11(8-10)9-4-2-1-3-5-9;/h9,11-12H,1-8H2;1H. The lowest BCUT2D eigenvalue weighted by Crippen LogP contribution is -2.43. The molecule has 0 amide bonds. The molecule has 0 aromatic carbocycles. The van der Waals surface area contributed by atoms with Crippen LogP contribution in [0.25, 0.3) is 0 Å². The summed E-state index contributed by atoms with van der Waals surface area (Å²) in [5, 5.41) is 3.50. The number of rotatable bonds is 1. The molecule has 2 fully saturated rings. The van der Waals surface area contributed by atoms with E-state index in [1.54, 1.807) is 0 Å². The summed E-state index contributed by atoms with van der Waals surface area (Å²) < 4.78 is 0. The van der Waals surface area contributed by atoms with Gasteiger partial charge in [-0.3, -0.25) is 4.79 Å². The molecule has 2 nitrogen and oxygen atoms in total. The molecule has 1 atom stereocenters. The average Bonchev–Trinajstić information content (AvgIpc) is 2.19. The van der Waals surface area contributed by atoms with Gasteiger partial charge in [0.15, 0.2) is 0 Å². The SMILES string of the molecule is Cl.O=C1CCNC(C2CCCCC2)C1. The van der Waals surface area contributed by atoms with Gasteiger partial charge < -0.3 is 5.32 Å². The maximum atomic E-state index is 11.3. The van der Waals surface area contributed by atoms with Crippen molar-refractivity contribution in [3.8, 4) is 0 Å². The van der Waals surface area contributed by atoms with Gasteiger partial charge in [-0.2, -0.15) is 0 Å². The zero-order valence-electron chi connectivity index (χ0n) is 8.63. The largest absolute Gasteiger partial charge is 0.313 e. The molecular weight excluding hydrogens is 198 g/mol. The van der Waals surface area contributed by atoms with E-state index in [2.05, 4.69) is 5.32 Å². The summed E-state index contributed by atoms with van der Waals surface area (Å²) in [6.45, 7) is 0.917. The number of Topliss-reactive ketones (excluding diaryl/α,β-unsaturated/α-hetero) is 1. The minimum Gasteiger partial charge on any atom is -0.313 e. The lowest BCUT2D eigenvalue weighted by molar-refractivity contribution is -0.121. The number of piperidine rings is 1. The van der Waals surface area contributed by atoms with Gasteiger partial charge in [0.1, 0.15) is 5.78 Å². The van der Waals surface area contributed by atoms with Crippen LogP contribution in [0, 0.1) is 5.92 Å². The Labute approximate surface area is 92.2 Å². The molecule has 1 saturated heterocycles. The Morgan fingerprint density at radius 2 is 1.86 bits per heavy atom. The quantitative estimate of drug-likeness (QED) is 0.731. The third kappa shape index (κ3) is 2.96. The molecule has 82 valence electrons. The van der Waals surface area contributed by atoms with Crippen LogP contribution in [0.3, 0.4) is 0 Å². The summed E-state index contributed by atoms with van der Waals surface area (Å²) in [6.07, 6.45) is 8.37. The van der Waals surface area contributed by atoms with Gasteiger partial charge in [-0.1, -0.05) is 19.3 Å². The van der Waals surface area contributed by atoms with Crippen LogP contribution in [0.4, 0.5) is 0 Å². The molecule has 3 heteroatoms. The third-order valence-electron chi connectivity index (χ3n) is 3.48. The highest BCUT2D eigenvalue weighted by molar-refractivity contribution is 5.85. The first-order chi connectivity index (χ1) is 6.36. The monoisotopic (exact) mass is 217 g/mol. The van der Waals surface area contributed by atoms with E-state index in [0.29, 0.717) is 11.8 Å². The molecule has 1 aliphatic carbocycles. The van der Waals surface area contributed by atoms with Crippen molar-refractivity contribution < 1.29 is 4.79 Å². The number of carbonyl (C=O) groups excluding carboxylic acids is 1. The second-order valence-electron chi connectivity index (χ2n) is 4.45. The van der Waals surface area contributed by atoms with Crippen LogP contribution in [0.1, 0.15) is 44.9 Å². The molecule has 0 radical (unpaired) electrons. The Bertz CT molecular complexity index is 190. The predicted octanol–water partition coefficient (Wildman–Crippen LogP) is 2.31. The Morgan fingerprint density at radius 3 is 2.50 bits per heavy atom. The second-order valence-corrected chi connectivity index (χ2v) is 4.45. The average molecular weight is 218 g/mol. The van der Waals surface area contributed by atoms with Crippen molar-refractivity contribution in [3.05, 3.63) is 0 Å². The number of halogens is 1. The molecule has 14 heavy (non-hydrogen) atoms. The number of carbonyl (C=O) groups is 1. The van der Waals surface area contributed by atoms with Crippen LogP contribution >= 0.6 is 12.4 Å². The zero-order valence-corrected chi connectivity index (χ0v) is 9.44. The van der Waals surface area contributed by atoms with E-state index in [0.717, 1.165) is 25.3 Å². The summed E-state index contributed by atoms with van der Waals surface area (Å²) in [5.41, 5.74) is 0. The minimum atomic E-state index is 0. The van der Waals surface area contributed by atoms with Gasteiger partial charge in [0.25, 0.3) is 0 Å². The number of hydrogen-bond acceptors (Lipinski definition) is 2. The summed E-state index contributed by atoms with van der Waals surface area (Å²) in [4.78, 5) is 11.3. The maximum Gasteiger partial charge on any atom is 0.135 e. The van der Waals surface area contributed by atoms with Crippen molar-refractivity contribution in [1.82, 2.24) is 5.32 Å². The van der Waals surface area contributed by atoms with E-state index in [-0.39, 0.29) is 12.4 Å². The molecule has 1 heterocycles. The lowest BCUT2D eigenvalue weighted by atomic mass is 9.81. The first kappa shape index (κ1) is 12.0. The van der Waals surface area contributed by atoms with Crippen LogP contribution in [-0.4, -0.2) is 18.4 Å². The fraction of sp³-hybridized carbons (Fsp3) is 0.909. The van der Waals surface area contributed by atoms with Crippen LogP contribution < -0.4 is 5.32 Å². The first-order valence-electron chi connectivity index (χ1n) is 5.61. The van der Waals surface area contributed by atoms with E-state index in [1.807, 2.05) is 0 Å². The van der Waals surface area contributed by atoms with Gasteiger partial charge in [0.2, 0.25) is 0 Å². The molecular formula is C11H20ClNO. The smallest absolute Gasteiger partial charge is 0.135 e. The van der Waals surface area contributed by atoms with Crippen molar-refractivity contribution in [3.63, 3.8) is 0 Å². The van der Waals surface area contributed by atoms with Crippen molar-refractivity contribution >= 4 is 18.2 Å². The molecule has 1 saturated carbocycles. The Balaban J connectivity index is 0.000000980. The zero-order chi connectivity index (χ0) is 9.10. The van der Waals surface area contributed by atoms with Crippen LogP contribution in [0.5, 0.6) is 0 Å². The molecule has 0 bridgehead atoms. The molecule has 1 N–H and O–H groups in total. The van der Waals surface area contributed by atoms with E-state index >= 15 is 0 Å². The highest BCUT2D eigenvalue weighted by Gasteiger charge is 2.27. The highest BCUT2D eigenvalue weighted by Crippen LogP contribution is 2.28. The van der Waals surface area contributed by atoms with Gasteiger partial charge in [0, 0.05) is 25.4 Å². The molecule has 2 rings (SSSR count). The molecule has 0 aromatic rings. The summed E-state index contributed by atoms with van der Waals surface area (Å²) in [7, 11) is 0. The maximum absolute atomic E-state index is 11.3. The van der Waals surface area contributed by atoms with E-state index in [1.165, 1.54) is 32.1 Å². The van der Waals surface area contributed by atoms with Crippen LogP contribution in [-0.2, 0) is 4.79 Å². The summed E-state index contributed by atoms with van der Waals surface area (Å²) in [6, 6.07) is 0.515. The predicted molar refractivity (Wildman–Crippen MR) is 59.9 cm³/mol. The number of nitrogens with one attached hydrogen (secondary N) is 1. The minimum absolute atomic E-state index is 0. The lowest BCUT2D eigenvalue weighted by Gasteiger charge is -2.33. The second kappa shape index (κ2) is 5.72. The van der Waals surface area contributed by atoms with E-state index < -0.39 is 0 Å². The van der Waals surface area contributed by atoms with Crippen LogP contribution in [0.2, 0.25) is 0 Å². The summed E-state index contributed by atoms with van der Waals surface area (Å²) in [5.74, 6) is 1.26. The van der Waals surface area contributed by atoms with Crippen LogP contribution in [0.15, 0.2) is 0 Å². The fourth-order valence-corrected chi connectivity index (χ4v) is 2.69. The molecule has 0 spiro atoms. The van der Waals surface area contributed by atoms with Gasteiger partial charge in [-0.25, -0.2) is 0 Å². The first-order valence-corrected chi connectivity index (χ1v) is 5.61. The van der Waals surface area contributed by atoms with Gasteiger partial charge in [-0.05, 0) is 18.8 Å². The molecule has 1 aliphatic heterocycles. The molecule has 1 unspecified atom stereocenters. The summed E-state index contributed by atoms with van der Waals surface area (Å²) >= 11 is 0. The van der Waals surface area contributed by atoms with Crippen molar-refractivity contribution in [2.75, 3.05) is 6.54 Å². The van der Waals surface area contributed by atoms with Crippen molar-refractivity contribution in [2.45, 2.75) is 51.0 Å². The van der Waals surface area contributed by atoms with Gasteiger partial charge >= 0.3 is 0 Å². The number of hydrogen-bond donors (Lipinski definition) is 1. The number of ketones is 1. The fourth-order valence-electron chi connectivity index (χ4n) is 2.69. The highest BCUT2D eigenvalue weighted by atomic mass is 35.5. The topological polar surface area (TPSA) is 29.1 Å². The molecule has 2 aliphatic rings. The third-order valence-corrected chi connectivity index (χ3v) is 3.48. The Kier molecular flexibility index (Phi) is 4.90. The van der Waals surface area contributed by atoms with E-state index in [9.17, 15) is 4.79 Å². The normalized spacial score (nSPS) is 29.7. The van der Waals surface area contributed by atoms with Crippen molar-refractivity contribution in [1.29, 1.82) is 0 Å². The van der Waals surface area contributed by atoms with Gasteiger partial charge in [-0.15, -0.1) is 12.4 Å². The van der Waals surface area contributed by atoms with E-state index in [4.69, 9.17) is 0 Å². The van der Waals surface area contributed by atoms with Crippen molar-refractivity contribution in [2.24, 2.45) is 5.92 Å². The Morgan fingerprint density at radius 1 is 1.14 bits per heavy atom. The molecule has 0 aromatic heterocycles.